The zero-order valence-corrected chi connectivity index (χ0v) is 11.4. The van der Waals surface area contributed by atoms with E-state index in [9.17, 15) is 14.0 Å². The quantitative estimate of drug-likeness (QED) is 0.755. The maximum atomic E-state index is 13.5. The van der Waals surface area contributed by atoms with E-state index >= 15 is 0 Å². The Bertz CT molecular complexity index is 565. The lowest BCUT2D eigenvalue weighted by Crippen LogP contribution is -2.50. The molecule has 6 nitrogen and oxygen atoms in total. The first-order chi connectivity index (χ1) is 9.32. The largest absolute Gasteiger partial charge is 0.369 e. The van der Waals surface area contributed by atoms with Gasteiger partial charge in [0.1, 0.15) is 5.83 Å². The third-order valence-electron chi connectivity index (χ3n) is 3.70. The molecule has 2 amide bonds. The molecule has 4 N–H and O–H groups in total. The fraction of sp³-hybridized carbons (Fsp3) is 0.462. The van der Waals surface area contributed by atoms with Gasteiger partial charge in [-0.25, -0.2) is 9.38 Å². The number of guanidine groups is 1. The number of primary amides is 1. The summed E-state index contributed by atoms with van der Waals surface area (Å²) in [7, 11) is 1.52. The van der Waals surface area contributed by atoms with Gasteiger partial charge in [0.15, 0.2) is 5.96 Å². The first-order valence-electron chi connectivity index (χ1n) is 6.32. The van der Waals surface area contributed by atoms with Gasteiger partial charge in [-0.15, -0.1) is 0 Å². The van der Waals surface area contributed by atoms with Crippen LogP contribution in [0.25, 0.3) is 0 Å². The minimum atomic E-state index is -0.674. The molecule has 0 aromatic rings. The highest BCUT2D eigenvalue weighted by Gasteiger charge is 2.36. The lowest BCUT2D eigenvalue weighted by molar-refractivity contribution is -0.131. The molecular formula is C13H17FN4O2. The van der Waals surface area contributed by atoms with Crippen molar-refractivity contribution >= 4 is 17.8 Å². The van der Waals surface area contributed by atoms with Crippen LogP contribution in [0.5, 0.6) is 0 Å². The molecule has 0 aromatic carbocycles. The number of halogens is 1. The monoisotopic (exact) mass is 280 g/mol. The number of allylic oxidation sites excluding steroid dienone is 1. The first kappa shape index (κ1) is 14.2. The van der Waals surface area contributed by atoms with Gasteiger partial charge in [-0.2, -0.15) is 0 Å². The minimum absolute atomic E-state index is 0.0498. The topological polar surface area (TPSA) is 102 Å². The third kappa shape index (κ3) is 2.31. The fourth-order valence-electron chi connectivity index (χ4n) is 2.48. The molecule has 1 aliphatic carbocycles. The molecule has 0 bridgehead atoms. The summed E-state index contributed by atoms with van der Waals surface area (Å²) >= 11 is 0. The molecule has 108 valence electrons. The zero-order valence-electron chi connectivity index (χ0n) is 11.4. The highest BCUT2D eigenvalue weighted by atomic mass is 19.1. The number of carbonyl (C=O) groups excluding carboxylic acids is 2. The molecule has 1 heterocycles. The number of hydrogen-bond donors (Lipinski definition) is 2. The first-order valence-corrected chi connectivity index (χ1v) is 6.32. The molecule has 1 aliphatic heterocycles. The normalized spacial score (nSPS) is 27.4. The summed E-state index contributed by atoms with van der Waals surface area (Å²) in [5.41, 5.74) is 11.7. The summed E-state index contributed by atoms with van der Waals surface area (Å²) in [6, 6.07) is -0.674. The van der Waals surface area contributed by atoms with Gasteiger partial charge in [0.25, 0.3) is 0 Å². The Balaban J connectivity index is 2.52. The van der Waals surface area contributed by atoms with Crippen LogP contribution >= 0.6 is 0 Å². The van der Waals surface area contributed by atoms with E-state index in [0.717, 1.165) is 0 Å². The number of rotatable bonds is 2. The van der Waals surface area contributed by atoms with Crippen molar-refractivity contribution in [1.82, 2.24) is 4.90 Å². The molecule has 2 atom stereocenters. The Kier molecular flexibility index (Phi) is 3.61. The summed E-state index contributed by atoms with van der Waals surface area (Å²) in [4.78, 5) is 29.0. The Hall–Kier alpha value is -2.18. The summed E-state index contributed by atoms with van der Waals surface area (Å²) < 4.78 is 13.5. The second-order valence-corrected chi connectivity index (χ2v) is 5.01. The van der Waals surface area contributed by atoms with Crippen LogP contribution in [-0.2, 0) is 9.59 Å². The van der Waals surface area contributed by atoms with Crippen molar-refractivity contribution in [1.29, 1.82) is 0 Å². The number of nitrogens with two attached hydrogens (primary N) is 2. The van der Waals surface area contributed by atoms with E-state index in [-0.39, 0.29) is 30.5 Å². The van der Waals surface area contributed by atoms with Gasteiger partial charge < -0.3 is 11.5 Å². The highest BCUT2D eigenvalue weighted by molar-refractivity contribution is 6.00. The number of hydrogen-bond acceptors (Lipinski definition) is 4. The zero-order chi connectivity index (χ0) is 15.0. The van der Waals surface area contributed by atoms with Crippen molar-refractivity contribution in [2.45, 2.75) is 25.8 Å². The van der Waals surface area contributed by atoms with E-state index in [2.05, 4.69) is 4.99 Å². The van der Waals surface area contributed by atoms with Gasteiger partial charge in [-0.3, -0.25) is 14.5 Å². The van der Waals surface area contributed by atoms with Gasteiger partial charge in [0.05, 0.1) is 12.0 Å². The van der Waals surface area contributed by atoms with E-state index in [4.69, 9.17) is 11.5 Å². The van der Waals surface area contributed by atoms with Crippen LogP contribution < -0.4 is 11.5 Å². The van der Waals surface area contributed by atoms with Crippen LogP contribution in [0, 0.1) is 5.92 Å². The molecule has 2 aliphatic rings. The molecule has 0 fully saturated rings. The molecule has 1 unspecified atom stereocenters. The van der Waals surface area contributed by atoms with E-state index in [1.165, 1.54) is 18.0 Å². The summed E-state index contributed by atoms with van der Waals surface area (Å²) in [6.07, 6.45) is 1.60. The SMILES string of the molecule is C[C@@H]1C(=O)N(C)C(N)=NC1C1=C(C(N)=O)CCC(F)=C1. The van der Waals surface area contributed by atoms with Crippen LogP contribution in [0.2, 0.25) is 0 Å². The standard InChI is InChI=1S/C13H17FN4O2/c1-6-10(17-13(16)18(2)12(6)20)9-5-7(14)3-4-8(9)11(15)19/h5-6,10H,3-4H2,1-2H3,(H2,15,19)(H2,16,17)/t6-,10?/m0/s1. The van der Waals surface area contributed by atoms with Gasteiger partial charge in [-0.1, -0.05) is 6.92 Å². The molecule has 20 heavy (non-hydrogen) atoms. The van der Waals surface area contributed by atoms with Crippen LogP contribution in [0.1, 0.15) is 19.8 Å². The van der Waals surface area contributed by atoms with Gasteiger partial charge >= 0.3 is 0 Å². The van der Waals surface area contributed by atoms with Gasteiger partial charge in [0.2, 0.25) is 11.8 Å². The number of amides is 2. The van der Waals surface area contributed by atoms with Crippen molar-refractivity contribution < 1.29 is 14.0 Å². The lowest BCUT2D eigenvalue weighted by atomic mass is 9.85. The Labute approximate surface area is 116 Å². The van der Waals surface area contributed by atoms with Crippen LogP contribution in [0.4, 0.5) is 4.39 Å². The van der Waals surface area contributed by atoms with Crippen molar-refractivity contribution in [2.24, 2.45) is 22.4 Å². The van der Waals surface area contributed by atoms with E-state index in [1.807, 2.05) is 0 Å². The molecule has 2 rings (SSSR count). The van der Waals surface area contributed by atoms with Crippen LogP contribution in [0.3, 0.4) is 0 Å². The molecule has 0 saturated carbocycles. The van der Waals surface area contributed by atoms with E-state index in [1.54, 1.807) is 6.92 Å². The summed E-state index contributed by atoms with van der Waals surface area (Å²) in [5.74, 6) is -1.67. The molecule has 7 heteroatoms. The third-order valence-corrected chi connectivity index (χ3v) is 3.70. The van der Waals surface area contributed by atoms with Crippen molar-refractivity contribution in [3.05, 3.63) is 23.0 Å². The van der Waals surface area contributed by atoms with E-state index in [0.29, 0.717) is 11.1 Å². The fourth-order valence-corrected chi connectivity index (χ4v) is 2.48. The minimum Gasteiger partial charge on any atom is -0.369 e. The highest BCUT2D eigenvalue weighted by Crippen LogP contribution is 2.32. The Morgan fingerprint density at radius 2 is 2.15 bits per heavy atom. The second-order valence-electron chi connectivity index (χ2n) is 5.01. The maximum absolute atomic E-state index is 13.5. The Morgan fingerprint density at radius 1 is 1.50 bits per heavy atom. The van der Waals surface area contributed by atoms with Crippen LogP contribution in [-0.4, -0.2) is 35.8 Å². The smallest absolute Gasteiger partial charge is 0.244 e. The molecule has 0 aromatic heterocycles. The molecule has 0 spiro atoms. The number of aliphatic imine (C=N–C) groups is 1. The number of nitrogens with zero attached hydrogens (tertiary/aromatic N) is 2. The van der Waals surface area contributed by atoms with Crippen molar-refractivity contribution in [3.8, 4) is 0 Å². The maximum Gasteiger partial charge on any atom is 0.244 e. The van der Waals surface area contributed by atoms with Crippen molar-refractivity contribution in [3.63, 3.8) is 0 Å². The predicted octanol–water partition coefficient (Wildman–Crippen LogP) is 0.207. The Morgan fingerprint density at radius 3 is 2.75 bits per heavy atom. The lowest BCUT2D eigenvalue weighted by Gasteiger charge is -2.32. The van der Waals surface area contributed by atoms with Gasteiger partial charge in [-0.05, 0) is 18.1 Å². The predicted molar refractivity (Wildman–Crippen MR) is 72.0 cm³/mol. The van der Waals surface area contributed by atoms with E-state index < -0.39 is 17.9 Å². The molecule has 0 saturated heterocycles. The average molecular weight is 280 g/mol. The average Bonchev–Trinajstić information content (AvgIpc) is 2.40. The summed E-state index contributed by atoms with van der Waals surface area (Å²) in [5, 5.41) is 0. The molecule has 0 radical (unpaired) electrons. The van der Waals surface area contributed by atoms with Crippen molar-refractivity contribution in [2.75, 3.05) is 7.05 Å². The van der Waals surface area contributed by atoms with Gasteiger partial charge in [0, 0.05) is 19.0 Å². The second kappa shape index (κ2) is 5.07. The van der Waals surface area contributed by atoms with Crippen LogP contribution in [0.15, 0.2) is 28.0 Å². The molecular weight excluding hydrogens is 263 g/mol. The number of carbonyl (C=O) groups is 2. The summed E-state index contributed by atoms with van der Waals surface area (Å²) in [6.45, 7) is 1.67.